The molecule has 0 atom stereocenters. The lowest BCUT2D eigenvalue weighted by atomic mass is 9.96. The van der Waals surface area contributed by atoms with E-state index in [0.717, 1.165) is 33.6 Å². The predicted molar refractivity (Wildman–Crippen MR) is 112 cm³/mol. The lowest BCUT2D eigenvalue weighted by molar-refractivity contribution is -0.136. The molecule has 0 radical (unpaired) electrons. The van der Waals surface area contributed by atoms with Crippen molar-refractivity contribution in [2.45, 2.75) is 53.9 Å². The van der Waals surface area contributed by atoms with Crippen LogP contribution in [0.1, 0.15) is 47.4 Å². The molecule has 2 heterocycles. The summed E-state index contributed by atoms with van der Waals surface area (Å²) < 4.78 is 5.97. The molecule has 0 unspecified atom stereocenters. The van der Waals surface area contributed by atoms with Crippen LogP contribution in [0.5, 0.6) is 0 Å². The van der Waals surface area contributed by atoms with E-state index in [-0.39, 0.29) is 6.42 Å². The Bertz CT molecular complexity index is 978. The van der Waals surface area contributed by atoms with Crippen molar-refractivity contribution in [3.8, 4) is 22.2 Å². The monoisotopic (exact) mass is 398 g/mol. The van der Waals surface area contributed by atoms with Crippen molar-refractivity contribution in [2.75, 3.05) is 0 Å². The highest BCUT2D eigenvalue weighted by molar-refractivity contribution is 7.15. The molecular formula is C22H26N2O3S. The largest absolute Gasteiger partial charge is 0.481 e. The summed E-state index contributed by atoms with van der Waals surface area (Å²) in [5, 5.41) is 17.4. The minimum absolute atomic E-state index is 0.127. The summed E-state index contributed by atoms with van der Waals surface area (Å²) in [4.78, 5) is 13.2. The molecule has 0 fully saturated rings. The highest BCUT2D eigenvalue weighted by Gasteiger charge is 2.17. The average molecular weight is 399 g/mol. The zero-order valence-corrected chi connectivity index (χ0v) is 17.8. The lowest BCUT2D eigenvalue weighted by Gasteiger charge is -2.10. The van der Waals surface area contributed by atoms with Crippen LogP contribution in [0.25, 0.3) is 22.2 Å². The van der Waals surface area contributed by atoms with Gasteiger partial charge in [-0.05, 0) is 80.0 Å². The number of aliphatic carboxylic acids is 1. The molecule has 0 spiro atoms. The Morgan fingerprint density at radius 3 is 2.36 bits per heavy atom. The highest BCUT2D eigenvalue weighted by Crippen LogP contribution is 2.33. The number of nitrogens with zero attached hydrogens (tertiary/aromatic N) is 2. The molecule has 2 aromatic heterocycles. The maximum absolute atomic E-state index is 10.9. The van der Waals surface area contributed by atoms with E-state index in [0.29, 0.717) is 24.1 Å². The van der Waals surface area contributed by atoms with Gasteiger partial charge in [-0.1, -0.05) is 13.8 Å². The quantitative estimate of drug-likeness (QED) is 0.560. The third kappa shape index (κ3) is 4.50. The number of aromatic nitrogens is 2. The minimum Gasteiger partial charge on any atom is -0.481 e. The number of carbonyl (C=O) groups is 1. The first-order valence-electron chi connectivity index (χ1n) is 9.50. The summed E-state index contributed by atoms with van der Waals surface area (Å²) in [6.07, 6.45) is 1.69. The standard InChI is InChI=1S/C22H26N2O3S/c1-12(2)8-16-11-19(28-15(16)5)22-24-23-21(27-22)17-9-13(3)18(14(4)10-17)6-7-20(25)26/h9-12H,6-8H2,1-5H3,(H,25,26). The van der Waals surface area contributed by atoms with Gasteiger partial charge in [-0.15, -0.1) is 21.5 Å². The van der Waals surface area contributed by atoms with E-state index in [1.807, 2.05) is 26.0 Å². The van der Waals surface area contributed by atoms with Gasteiger partial charge in [0.1, 0.15) is 0 Å². The second kappa shape index (κ2) is 8.27. The van der Waals surface area contributed by atoms with Crippen molar-refractivity contribution in [3.63, 3.8) is 0 Å². The maximum Gasteiger partial charge on any atom is 0.303 e. The molecule has 3 rings (SSSR count). The number of benzene rings is 1. The molecule has 5 nitrogen and oxygen atoms in total. The topological polar surface area (TPSA) is 76.2 Å². The molecule has 0 aliphatic carbocycles. The van der Waals surface area contributed by atoms with Gasteiger partial charge in [-0.3, -0.25) is 4.79 Å². The SMILES string of the molecule is Cc1cc(-c2nnc(-c3cc(CC(C)C)c(C)s3)o2)cc(C)c1CCC(=O)O. The van der Waals surface area contributed by atoms with E-state index >= 15 is 0 Å². The number of carboxylic acids is 1. The predicted octanol–water partition coefficient (Wildman–Crippen LogP) is 5.61. The molecule has 0 saturated carbocycles. The number of thiophene rings is 1. The summed E-state index contributed by atoms with van der Waals surface area (Å²) in [6, 6.07) is 6.14. The molecule has 0 aliphatic rings. The van der Waals surface area contributed by atoms with Crippen molar-refractivity contribution in [1.82, 2.24) is 10.2 Å². The zero-order valence-electron chi connectivity index (χ0n) is 17.0. The van der Waals surface area contributed by atoms with Gasteiger partial charge < -0.3 is 9.52 Å². The number of hydrogen-bond donors (Lipinski definition) is 1. The van der Waals surface area contributed by atoms with Crippen LogP contribution in [-0.2, 0) is 17.6 Å². The van der Waals surface area contributed by atoms with Gasteiger partial charge in [0.25, 0.3) is 5.89 Å². The highest BCUT2D eigenvalue weighted by atomic mass is 32.1. The van der Waals surface area contributed by atoms with Crippen molar-refractivity contribution in [3.05, 3.63) is 45.3 Å². The van der Waals surface area contributed by atoms with Gasteiger partial charge in [-0.2, -0.15) is 0 Å². The Morgan fingerprint density at radius 1 is 1.11 bits per heavy atom. The number of aryl methyl sites for hydroxylation is 3. The van der Waals surface area contributed by atoms with Crippen molar-refractivity contribution in [2.24, 2.45) is 5.92 Å². The maximum atomic E-state index is 10.9. The van der Waals surface area contributed by atoms with E-state index in [1.165, 1.54) is 10.4 Å². The molecule has 3 aromatic rings. The number of carboxylic acid groups (broad SMARTS) is 1. The lowest BCUT2D eigenvalue weighted by Crippen LogP contribution is -2.01. The first-order valence-corrected chi connectivity index (χ1v) is 10.3. The molecule has 28 heavy (non-hydrogen) atoms. The zero-order chi connectivity index (χ0) is 20.4. The van der Waals surface area contributed by atoms with Crippen molar-refractivity contribution >= 4 is 17.3 Å². The fourth-order valence-electron chi connectivity index (χ4n) is 3.45. The van der Waals surface area contributed by atoms with Gasteiger partial charge in [-0.25, -0.2) is 0 Å². The number of hydrogen-bond acceptors (Lipinski definition) is 5. The normalized spacial score (nSPS) is 11.4. The van der Waals surface area contributed by atoms with Crippen LogP contribution in [0.4, 0.5) is 0 Å². The molecule has 0 bridgehead atoms. The van der Waals surface area contributed by atoms with Crippen LogP contribution in [-0.4, -0.2) is 21.3 Å². The molecule has 1 aromatic carbocycles. The van der Waals surface area contributed by atoms with E-state index in [9.17, 15) is 4.79 Å². The molecule has 0 amide bonds. The second-order valence-electron chi connectivity index (χ2n) is 7.68. The van der Waals surface area contributed by atoms with Crippen LogP contribution in [0, 0.1) is 26.7 Å². The minimum atomic E-state index is -0.785. The van der Waals surface area contributed by atoms with Gasteiger partial charge >= 0.3 is 5.97 Å². The smallest absolute Gasteiger partial charge is 0.303 e. The van der Waals surface area contributed by atoms with E-state index in [4.69, 9.17) is 9.52 Å². The Balaban J connectivity index is 1.87. The van der Waals surface area contributed by atoms with Gasteiger partial charge in [0.05, 0.1) is 4.88 Å². The van der Waals surface area contributed by atoms with E-state index < -0.39 is 5.97 Å². The summed E-state index contributed by atoms with van der Waals surface area (Å²) in [5.74, 6) is 0.850. The molecule has 6 heteroatoms. The third-order valence-corrected chi connectivity index (χ3v) is 5.90. The Kier molecular flexibility index (Phi) is 5.98. The Labute approximate surface area is 169 Å². The van der Waals surface area contributed by atoms with Crippen LogP contribution in [0.3, 0.4) is 0 Å². The molecule has 0 aliphatic heterocycles. The summed E-state index contributed by atoms with van der Waals surface area (Å²) in [6.45, 7) is 10.5. The van der Waals surface area contributed by atoms with Crippen LogP contribution >= 0.6 is 11.3 Å². The van der Waals surface area contributed by atoms with E-state index in [1.54, 1.807) is 11.3 Å². The van der Waals surface area contributed by atoms with Gasteiger partial charge in [0, 0.05) is 16.9 Å². The van der Waals surface area contributed by atoms with Gasteiger partial charge in [0.2, 0.25) is 5.89 Å². The van der Waals surface area contributed by atoms with Crippen molar-refractivity contribution in [1.29, 1.82) is 0 Å². The summed E-state index contributed by atoms with van der Waals surface area (Å²) in [7, 11) is 0. The van der Waals surface area contributed by atoms with Gasteiger partial charge in [0.15, 0.2) is 0 Å². The molecule has 1 N–H and O–H groups in total. The molecule has 148 valence electrons. The van der Waals surface area contributed by atoms with Crippen molar-refractivity contribution < 1.29 is 14.3 Å². The van der Waals surface area contributed by atoms with Crippen LogP contribution < -0.4 is 0 Å². The van der Waals surface area contributed by atoms with E-state index in [2.05, 4.69) is 37.0 Å². The Morgan fingerprint density at radius 2 is 1.75 bits per heavy atom. The summed E-state index contributed by atoms with van der Waals surface area (Å²) >= 11 is 1.68. The fourth-order valence-corrected chi connectivity index (χ4v) is 4.42. The first-order chi connectivity index (χ1) is 13.2. The number of rotatable bonds is 7. The Hall–Kier alpha value is -2.47. The third-order valence-electron chi connectivity index (χ3n) is 4.82. The van der Waals surface area contributed by atoms with Crippen LogP contribution in [0.15, 0.2) is 22.6 Å². The average Bonchev–Trinajstić information content (AvgIpc) is 3.21. The fraction of sp³-hybridized carbons (Fsp3) is 0.409. The second-order valence-corrected chi connectivity index (χ2v) is 8.94. The molecule has 0 saturated heterocycles. The first kappa shape index (κ1) is 20.3. The molecular weight excluding hydrogens is 372 g/mol. The van der Waals surface area contributed by atoms with Crippen LogP contribution in [0.2, 0.25) is 0 Å². The summed E-state index contributed by atoms with van der Waals surface area (Å²) in [5.41, 5.74) is 5.36.